The van der Waals surface area contributed by atoms with Crippen LogP contribution in [-0.2, 0) is 7.05 Å². The summed E-state index contributed by atoms with van der Waals surface area (Å²) < 4.78 is 3.23. The molecule has 0 aliphatic carbocycles. The van der Waals surface area contributed by atoms with Gasteiger partial charge in [0.1, 0.15) is 5.82 Å². The lowest BCUT2D eigenvalue weighted by Crippen LogP contribution is -2.59. The molecule has 8 heteroatoms. The normalized spacial score (nSPS) is 14.8. The summed E-state index contributed by atoms with van der Waals surface area (Å²) in [5, 5.41) is 8.65. The third-order valence-corrected chi connectivity index (χ3v) is 4.75. The van der Waals surface area contributed by atoms with Crippen LogP contribution in [0.15, 0.2) is 29.2 Å². The molecule has 8 nitrogen and oxygen atoms in total. The molecule has 0 aromatic carbocycles. The average molecular weight is 339 g/mol. The molecule has 1 aliphatic rings. The molecule has 4 heterocycles. The van der Waals surface area contributed by atoms with Crippen LogP contribution in [-0.4, -0.2) is 50.6 Å². The second-order valence-electron chi connectivity index (χ2n) is 6.66. The number of hydrogen-bond donors (Lipinski definition) is 0. The van der Waals surface area contributed by atoms with Crippen LogP contribution in [0.4, 0.5) is 11.5 Å². The second-order valence-corrected chi connectivity index (χ2v) is 6.66. The zero-order valence-corrected chi connectivity index (χ0v) is 14.8. The van der Waals surface area contributed by atoms with Crippen molar-refractivity contribution in [2.24, 2.45) is 7.05 Å². The van der Waals surface area contributed by atoms with Gasteiger partial charge in [0, 0.05) is 51.1 Å². The van der Waals surface area contributed by atoms with Crippen molar-refractivity contribution in [1.29, 1.82) is 0 Å². The first-order valence-electron chi connectivity index (χ1n) is 8.27. The van der Waals surface area contributed by atoms with E-state index in [2.05, 4.69) is 38.1 Å². The van der Waals surface area contributed by atoms with Gasteiger partial charge in [-0.1, -0.05) is 0 Å². The Morgan fingerprint density at radius 3 is 2.64 bits per heavy atom. The number of likely N-dealkylation sites (N-methyl/N-ethyl adjacent to an activating group) is 1. The molecule has 25 heavy (non-hydrogen) atoms. The lowest BCUT2D eigenvalue weighted by atomic mass is 10.1. The van der Waals surface area contributed by atoms with E-state index in [1.54, 1.807) is 19.3 Å². The summed E-state index contributed by atoms with van der Waals surface area (Å²) in [6, 6.07) is 6.03. The van der Waals surface area contributed by atoms with Crippen LogP contribution < -0.4 is 15.4 Å². The number of aryl methyl sites for hydroxylation is 3. The molecule has 3 aromatic rings. The molecule has 0 N–H and O–H groups in total. The van der Waals surface area contributed by atoms with E-state index in [1.807, 2.05) is 24.4 Å². The van der Waals surface area contributed by atoms with Crippen molar-refractivity contribution in [3.05, 3.63) is 46.1 Å². The lowest BCUT2D eigenvalue weighted by Gasteiger charge is -2.45. The Kier molecular flexibility index (Phi) is 3.48. The topological polar surface area (TPSA) is 71.6 Å². The molecule has 0 saturated carbocycles. The number of anilines is 2. The molecule has 0 radical (unpaired) electrons. The van der Waals surface area contributed by atoms with E-state index in [1.165, 1.54) is 4.68 Å². The van der Waals surface area contributed by atoms with E-state index in [0.29, 0.717) is 6.04 Å². The van der Waals surface area contributed by atoms with E-state index < -0.39 is 0 Å². The minimum Gasteiger partial charge on any atom is -0.366 e. The molecule has 0 bridgehead atoms. The largest absolute Gasteiger partial charge is 0.366 e. The highest BCUT2D eigenvalue weighted by molar-refractivity contribution is 5.55. The van der Waals surface area contributed by atoms with Crippen LogP contribution in [0.25, 0.3) is 5.65 Å². The second kappa shape index (κ2) is 5.58. The van der Waals surface area contributed by atoms with E-state index >= 15 is 0 Å². The van der Waals surface area contributed by atoms with Gasteiger partial charge in [0.15, 0.2) is 5.65 Å². The van der Waals surface area contributed by atoms with Crippen LogP contribution in [0.3, 0.4) is 0 Å². The number of hydrogen-bond acceptors (Lipinski definition) is 6. The summed E-state index contributed by atoms with van der Waals surface area (Å²) in [5.74, 6) is 1.03. The highest BCUT2D eigenvalue weighted by atomic mass is 16.1. The van der Waals surface area contributed by atoms with Gasteiger partial charge in [-0.3, -0.25) is 4.79 Å². The quantitative estimate of drug-likeness (QED) is 0.702. The Balaban J connectivity index is 1.56. The Morgan fingerprint density at radius 1 is 1.16 bits per heavy atom. The van der Waals surface area contributed by atoms with Gasteiger partial charge in [-0.2, -0.15) is 14.7 Å². The van der Waals surface area contributed by atoms with Gasteiger partial charge in [0.25, 0.3) is 5.56 Å². The van der Waals surface area contributed by atoms with Crippen LogP contribution in [0.5, 0.6) is 0 Å². The number of fused-ring (bicyclic) bond motifs is 1. The summed E-state index contributed by atoms with van der Waals surface area (Å²) in [4.78, 5) is 20.7. The Morgan fingerprint density at radius 2 is 1.92 bits per heavy atom. The molecule has 1 aliphatic heterocycles. The van der Waals surface area contributed by atoms with E-state index in [4.69, 9.17) is 0 Å². The van der Waals surface area contributed by atoms with Crippen molar-refractivity contribution in [1.82, 2.24) is 24.4 Å². The molecule has 3 aromatic heterocycles. The third-order valence-electron chi connectivity index (χ3n) is 4.75. The molecule has 4 rings (SSSR count). The lowest BCUT2D eigenvalue weighted by molar-refractivity contribution is 0.488. The molecule has 1 fully saturated rings. The zero-order valence-electron chi connectivity index (χ0n) is 14.8. The maximum atomic E-state index is 11.8. The fourth-order valence-corrected chi connectivity index (χ4v) is 3.18. The molecule has 130 valence electrons. The minimum absolute atomic E-state index is 0.0900. The number of rotatable bonds is 3. The van der Waals surface area contributed by atoms with E-state index in [0.717, 1.165) is 41.6 Å². The molecule has 1 saturated heterocycles. The zero-order chi connectivity index (χ0) is 17.7. The van der Waals surface area contributed by atoms with Crippen LogP contribution in [0, 0.1) is 13.8 Å². The van der Waals surface area contributed by atoms with Gasteiger partial charge in [-0.25, -0.2) is 9.67 Å². The highest BCUT2D eigenvalue weighted by Crippen LogP contribution is 2.26. The van der Waals surface area contributed by atoms with Gasteiger partial charge in [-0.05, 0) is 13.8 Å². The first kappa shape index (κ1) is 15.6. The fourth-order valence-electron chi connectivity index (χ4n) is 3.18. The molecule has 0 amide bonds. The SMILES string of the molecule is Cc1cc(N(C)C2CN(c3cnn(C)c(=O)c3)C2)n2nc(C)cc2n1. The smallest absolute Gasteiger partial charge is 0.268 e. The average Bonchev–Trinajstić information content (AvgIpc) is 2.88. The molecule has 0 atom stereocenters. The maximum Gasteiger partial charge on any atom is 0.268 e. The van der Waals surface area contributed by atoms with Crippen LogP contribution in [0.1, 0.15) is 11.4 Å². The van der Waals surface area contributed by atoms with Crippen molar-refractivity contribution in [2.45, 2.75) is 19.9 Å². The Labute approximate surface area is 145 Å². The van der Waals surface area contributed by atoms with Gasteiger partial charge in [0.05, 0.1) is 23.6 Å². The number of aromatic nitrogens is 5. The van der Waals surface area contributed by atoms with Gasteiger partial charge in [-0.15, -0.1) is 0 Å². The predicted molar refractivity (Wildman–Crippen MR) is 96.3 cm³/mol. The van der Waals surface area contributed by atoms with Crippen LogP contribution >= 0.6 is 0 Å². The van der Waals surface area contributed by atoms with E-state index in [9.17, 15) is 4.79 Å². The maximum absolute atomic E-state index is 11.8. The standard InChI is InChI=1S/C17H21N7O/c1-11-6-16(24-15(19-11)5-12(2)20-24)21(3)14-9-23(10-14)13-7-17(25)22(4)18-8-13/h5-8,14H,9-10H2,1-4H3. The van der Waals surface area contributed by atoms with Crippen LogP contribution in [0.2, 0.25) is 0 Å². The summed E-state index contributed by atoms with van der Waals surface area (Å²) in [5.41, 5.74) is 3.58. The highest BCUT2D eigenvalue weighted by Gasteiger charge is 2.32. The van der Waals surface area contributed by atoms with Crippen molar-refractivity contribution in [3.8, 4) is 0 Å². The molecular formula is C17H21N7O. The fraction of sp³-hybridized carbons (Fsp3) is 0.412. The molecule has 0 unspecified atom stereocenters. The summed E-state index contributed by atoms with van der Waals surface area (Å²) in [7, 11) is 3.73. The third kappa shape index (κ3) is 2.63. The van der Waals surface area contributed by atoms with Crippen molar-refractivity contribution in [2.75, 3.05) is 29.9 Å². The van der Waals surface area contributed by atoms with Crippen molar-refractivity contribution < 1.29 is 0 Å². The number of nitrogens with zero attached hydrogens (tertiary/aromatic N) is 7. The Hall–Kier alpha value is -2.90. The summed E-state index contributed by atoms with van der Waals surface area (Å²) >= 11 is 0. The molecular weight excluding hydrogens is 318 g/mol. The van der Waals surface area contributed by atoms with Gasteiger partial charge < -0.3 is 9.80 Å². The van der Waals surface area contributed by atoms with Gasteiger partial charge in [0.2, 0.25) is 0 Å². The summed E-state index contributed by atoms with van der Waals surface area (Å²) in [6.07, 6.45) is 1.74. The first-order valence-corrected chi connectivity index (χ1v) is 8.27. The monoisotopic (exact) mass is 339 g/mol. The van der Waals surface area contributed by atoms with Crippen molar-refractivity contribution in [3.63, 3.8) is 0 Å². The summed E-state index contributed by atoms with van der Waals surface area (Å²) in [6.45, 7) is 5.66. The Bertz CT molecular complexity index is 1000. The van der Waals surface area contributed by atoms with E-state index in [-0.39, 0.29) is 5.56 Å². The predicted octanol–water partition coefficient (Wildman–Crippen LogP) is 0.765. The van der Waals surface area contributed by atoms with Crippen molar-refractivity contribution >= 4 is 17.2 Å². The molecule has 0 spiro atoms. The minimum atomic E-state index is -0.0900. The van der Waals surface area contributed by atoms with Gasteiger partial charge >= 0.3 is 0 Å². The first-order chi connectivity index (χ1) is 11.9.